The van der Waals surface area contributed by atoms with E-state index in [1.54, 1.807) is 0 Å². The Labute approximate surface area is 635 Å². The van der Waals surface area contributed by atoms with Gasteiger partial charge in [-0.3, -0.25) is 14.4 Å². The van der Waals surface area contributed by atoms with Crippen LogP contribution in [0.1, 0.15) is 58.2 Å². The minimum absolute atomic E-state index is 0. The van der Waals surface area contributed by atoms with E-state index in [-0.39, 0.29) is 94.9 Å². The van der Waals surface area contributed by atoms with E-state index in [2.05, 4.69) is 139 Å². The van der Waals surface area contributed by atoms with Gasteiger partial charge < -0.3 is 43.5 Å². The molecule has 3 N–H and O–H groups in total. The molecule has 6 aromatic heterocycles. The van der Waals surface area contributed by atoms with Crippen LogP contribution in [0.15, 0.2) is 298 Å². The van der Waals surface area contributed by atoms with Crippen molar-refractivity contribution in [1.29, 1.82) is 0 Å². The molecule has 0 aliphatic rings. The van der Waals surface area contributed by atoms with Crippen LogP contribution in [0.25, 0.3) is 123 Å². The van der Waals surface area contributed by atoms with Crippen LogP contribution in [-0.4, -0.2) is 47.6 Å². The van der Waals surface area contributed by atoms with Gasteiger partial charge in [-0.15, -0.1) is 108 Å². The zero-order valence-electron chi connectivity index (χ0n) is 57.5. The van der Waals surface area contributed by atoms with Gasteiger partial charge >= 0.3 is 0 Å². The van der Waals surface area contributed by atoms with Gasteiger partial charge in [-0.2, -0.15) is 0 Å². The minimum atomic E-state index is -0.125. The van der Waals surface area contributed by atoms with Crippen molar-refractivity contribution in [3.05, 3.63) is 320 Å². The fourth-order valence-electron chi connectivity index (χ4n) is 10.8. The summed E-state index contributed by atoms with van der Waals surface area (Å²) in [5, 5.41) is 28.2. The number of fused-ring (bicyclic) bond motifs is 3. The molecule has 0 bridgehead atoms. The van der Waals surface area contributed by atoms with Gasteiger partial charge in [0.25, 0.3) is 0 Å². The number of furan rings is 3. The second-order valence-electron chi connectivity index (χ2n) is 23.2. The van der Waals surface area contributed by atoms with Crippen LogP contribution in [0.4, 0.5) is 0 Å². The Bertz CT molecular complexity index is 5030. The Morgan fingerprint density at radius 3 is 1.14 bits per heavy atom. The van der Waals surface area contributed by atoms with Gasteiger partial charge in [-0.25, -0.2) is 0 Å². The number of nitrogens with zero attached hydrogens (tertiary/aromatic N) is 3. The first-order valence-electron chi connectivity index (χ1n) is 31.9. The number of benzene rings is 8. The van der Waals surface area contributed by atoms with Gasteiger partial charge in [0, 0.05) is 141 Å². The predicted octanol–water partition coefficient (Wildman–Crippen LogP) is 22.2. The second-order valence-corrected chi connectivity index (χ2v) is 23.2. The summed E-state index contributed by atoms with van der Waals surface area (Å²) in [7, 11) is 0. The summed E-state index contributed by atoms with van der Waals surface area (Å²) >= 11 is 0. The molecule has 102 heavy (non-hydrogen) atoms. The van der Waals surface area contributed by atoms with Crippen LogP contribution in [0.5, 0.6) is 0 Å². The quantitative estimate of drug-likeness (QED) is 0.0632. The fourth-order valence-corrected chi connectivity index (χ4v) is 10.8. The first kappa shape index (κ1) is 80.4. The smallest absolute Gasteiger partial charge is 0.155 e. The van der Waals surface area contributed by atoms with Crippen LogP contribution in [0.3, 0.4) is 0 Å². The normalized spacial score (nSPS) is 10.8. The molecule has 521 valence electrons. The molecule has 0 aliphatic heterocycles. The molecule has 14 rings (SSSR count). The van der Waals surface area contributed by atoms with Crippen molar-refractivity contribution in [2.45, 2.75) is 62.3 Å². The van der Waals surface area contributed by atoms with Crippen LogP contribution in [-0.2, 0) is 74.7 Å². The third-order valence-electron chi connectivity index (χ3n) is 15.1. The summed E-state index contributed by atoms with van der Waals surface area (Å²) in [5.74, 6) is 2.44. The summed E-state index contributed by atoms with van der Waals surface area (Å²) in [4.78, 5) is 43.9. The first-order chi connectivity index (χ1) is 47.8. The number of pyridine rings is 3. The van der Waals surface area contributed by atoms with E-state index in [0.717, 1.165) is 117 Å². The number of aliphatic hydroxyl groups is 3. The molecule has 0 atom stereocenters. The maximum absolute atomic E-state index is 10.0. The maximum atomic E-state index is 10.0. The Morgan fingerprint density at radius 1 is 0.363 bits per heavy atom. The van der Waals surface area contributed by atoms with Crippen molar-refractivity contribution in [2.75, 3.05) is 0 Å². The van der Waals surface area contributed by atoms with Gasteiger partial charge in [0.05, 0.1) is 17.3 Å². The average molecular weight is 1880 g/mol. The topological polar surface area (TPSA) is 190 Å². The Balaban J connectivity index is 0.000000209. The molecule has 0 fully saturated rings. The number of aryl methyl sites for hydroxylation is 3. The number of carbonyl (C=O) groups is 3. The van der Waals surface area contributed by atoms with Crippen molar-refractivity contribution in [2.24, 2.45) is 0 Å². The zero-order chi connectivity index (χ0) is 70.4. The number of aromatic nitrogens is 3. The van der Waals surface area contributed by atoms with Gasteiger partial charge in [-0.1, -0.05) is 133 Å². The van der Waals surface area contributed by atoms with Gasteiger partial charge in [0.2, 0.25) is 0 Å². The molecule has 3 radical (unpaired) electrons. The molecular weight excluding hydrogens is 1810 g/mol. The summed E-state index contributed by atoms with van der Waals surface area (Å²) in [5.41, 5.74) is 19.6. The van der Waals surface area contributed by atoms with Gasteiger partial charge in [0.15, 0.2) is 17.3 Å². The number of aliphatic hydroxyl groups excluding tert-OH is 3. The van der Waals surface area contributed by atoms with Crippen LogP contribution in [0, 0.1) is 39.0 Å². The van der Waals surface area contributed by atoms with E-state index in [1.807, 2.05) is 164 Å². The summed E-state index contributed by atoms with van der Waals surface area (Å²) in [6.07, 6.45) is 9.16. The van der Waals surface area contributed by atoms with Crippen molar-refractivity contribution in [3.8, 4) is 90.0 Å². The molecule has 6 heterocycles. The van der Waals surface area contributed by atoms with Crippen LogP contribution in [0.2, 0.25) is 0 Å². The van der Waals surface area contributed by atoms with Crippen molar-refractivity contribution < 1.29 is 103 Å². The predicted molar refractivity (Wildman–Crippen MR) is 397 cm³/mol. The minimum Gasteiger partial charge on any atom is -0.512 e. The second kappa shape index (κ2) is 39.4. The van der Waals surface area contributed by atoms with Crippen LogP contribution >= 0.6 is 0 Å². The standard InChI is InChI=1S/C27H20NO.C25H16NO.C20H14NO.3C5H8O2.3Ir/c1-18-7-6-8-19(2)27(18)22-13-11-21(12-14-22)25-15-23-17-28-24(16-26(23)29-25)20-9-4-3-5-10-20;1-4-10-18(11-5-1)22-16-23-21(17-26-22)24(19-12-6-2-7-13-19)25(27-23)20-14-8-3-9-15-20;1-14-17-13-21-18(15-8-4-2-5-9-15)12-19(17)22-20(14)16-10-6-3-7-11-16;3*1-4(6)3-5(2)7;;;/h3-9,11-17H,1-2H3;1-10,12-17H;2-8,10-13H,1H3;3*3,6H,1-2H3;;;/q3*-1;;;;;;. The molecule has 0 saturated heterocycles. The Morgan fingerprint density at radius 2 is 0.725 bits per heavy atom. The van der Waals surface area contributed by atoms with Gasteiger partial charge in [0.1, 0.15) is 34.0 Å². The van der Waals surface area contributed by atoms with E-state index >= 15 is 0 Å². The number of allylic oxidation sites excluding steroid dienone is 6. The molecule has 0 unspecified atom stereocenters. The molecule has 12 nitrogen and oxygen atoms in total. The molecule has 0 amide bonds. The molecule has 15 heteroatoms. The zero-order valence-corrected chi connectivity index (χ0v) is 64.7. The third kappa shape index (κ3) is 22.5. The fraction of sp³-hybridized carbons (Fsp3) is 0.103. The van der Waals surface area contributed by atoms with Crippen molar-refractivity contribution in [1.82, 2.24) is 15.0 Å². The molecule has 14 aromatic rings. The monoisotopic (exact) mass is 1880 g/mol. The Kier molecular flexibility index (Phi) is 31.1. The summed E-state index contributed by atoms with van der Waals surface area (Å²) < 4.78 is 18.6. The summed E-state index contributed by atoms with van der Waals surface area (Å²) in [6.45, 7) is 14.9. The van der Waals surface area contributed by atoms with E-state index in [0.29, 0.717) is 0 Å². The maximum Gasteiger partial charge on any atom is 0.155 e. The van der Waals surface area contributed by atoms with Gasteiger partial charge in [-0.05, 0) is 131 Å². The number of carbonyl (C=O) groups excluding carboxylic acids is 3. The van der Waals surface area contributed by atoms with Crippen molar-refractivity contribution in [3.63, 3.8) is 0 Å². The Hall–Kier alpha value is -10.6. The van der Waals surface area contributed by atoms with E-state index in [4.69, 9.17) is 28.6 Å². The average Bonchev–Trinajstić information content (AvgIpc) is 1.61. The SMILES string of the molecule is CC(=O)C=C(C)O.CC(=O)C=C(C)O.CC(=O)C=C(C)O.Cc1c(-c2ccccc2)oc2cc(-c3[c-]cccc3)ncc12.Cc1cccc(C)c1-c1ccc(-c2cc3cnc(-c4[c-]cccc4)cc3o2)cc1.[Ir].[Ir].[Ir].[c-]1ccccc1-c1cc2oc(-c3ccccc3)c(-c3ccccc3)c2cn1. The molecular formula is C87H74Ir3N3O9-3. The van der Waals surface area contributed by atoms with Crippen molar-refractivity contribution >= 4 is 50.3 Å². The number of ketones is 3. The molecule has 0 saturated carbocycles. The van der Waals surface area contributed by atoms with E-state index in [1.165, 1.54) is 82.0 Å². The van der Waals surface area contributed by atoms with Crippen LogP contribution < -0.4 is 0 Å². The third-order valence-corrected chi connectivity index (χ3v) is 15.1. The molecule has 8 aromatic carbocycles. The molecule has 0 spiro atoms. The molecule has 0 aliphatic carbocycles. The first-order valence-corrected chi connectivity index (χ1v) is 31.9. The van der Waals surface area contributed by atoms with E-state index in [9.17, 15) is 14.4 Å². The number of hydrogen-bond acceptors (Lipinski definition) is 12. The number of rotatable bonds is 11. The number of hydrogen-bond donors (Lipinski definition) is 3. The van der Waals surface area contributed by atoms with E-state index < -0.39 is 0 Å². The summed E-state index contributed by atoms with van der Waals surface area (Å²) in [6, 6.07) is 86.9. The largest absolute Gasteiger partial charge is 0.512 e.